The maximum Gasteiger partial charge on any atom is 0.260 e. The SMILES string of the molecule is COc1cc([C@H]2C3=CC[C@@H]4C(=O)N(c5ccc(Nc6ccccc6)cc5)C(=O)[C@@H]4[C@@H]3C[C@H]3C(=O)N(Nc4ccc(C)cc4)C(=O)[C@@]23c2ccccc2)cc(OC)c1O. The first-order valence-electron chi connectivity index (χ1n) is 19.4. The number of hydrogen-bond donors (Lipinski definition) is 3. The Balaban J connectivity index is 1.17. The van der Waals surface area contributed by atoms with Crippen LogP contribution in [0.25, 0.3) is 0 Å². The third-order valence-corrected chi connectivity index (χ3v) is 12.4. The topological polar surface area (TPSA) is 138 Å². The lowest BCUT2D eigenvalue weighted by Crippen LogP contribution is -2.53. The number of carbonyl (C=O) groups is 4. The molecule has 0 aromatic heterocycles. The number of carbonyl (C=O) groups excluding carboxylic acids is 4. The third kappa shape index (κ3) is 5.63. The van der Waals surface area contributed by atoms with Gasteiger partial charge in [-0.25, -0.2) is 0 Å². The van der Waals surface area contributed by atoms with Gasteiger partial charge >= 0.3 is 0 Å². The lowest BCUT2D eigenvalue weighted by Gasteiger charge is -2.50. The van der Waals surface area contributed by atoms with Crippen LogP contribution in [0.4, 0.5) is 22.7 Å². The highest BCUT2D eigenvalue weighted by molar-refractivity contribution is 6.22. The van der Waals surface area contributed by atoms with Gasteiger partial charge in [-0.1, -0.05) is 77.9 Å². The Labute approximate surface area is 335 Å². The van der Waals surface area contributed by atoms with E-state index < -0.39 is 46.8 Å². The van der Waals surface area contributed by atoms with E-state index >= 15 is 9.59 Å². The average Bonchev–Trinajstić information content (AvgIpc) is 3.63. The van der Waals surface area contributed by atoms with Crippen molar-refractivity contribution in [1.82, 2.24) is 5.01 Å². The van der Waals surface area contributed by atoms with Gasteiger partial charge < -0.3 is 19.9 Å². The fourth-order valence-corrected chi connectivity index (χ4v) is 9.84. The number of anilines is 4. The number of aromatic hydroxyl groups is 1. The summed E-state index contributed by atoms with van der Waals surface area (Å²) in [5.74, 6) is -5.28. The van der Waals surface area contributed by atoms with Crippen LogP contribution < -0.4 is 25.1 Å². The lowest BCUT2D eigenvalue weighted by molar-refractivity contribution is -0.138. The number of para-hydroxylation sites is 1. The summed E-state index contributed by atoms with van der Waals surface area (Å²) >= 11 is 0. The number of hydrogen-bond acceptors (Lipinski definition) is 9. The van der Waals surface area contributed by atoms with Gasteiger partial charge in [0.05, 0.1) is 48.8 Å². The van der Waals surface area contributed by atoms with Gasteiger partial charge in [-0.05, 0) is 97.5 Å². The Morgan fingerprint density at radius 1 is 0.707 bits per heavy atom. The molecule has 2 aliphatic heterocycles. The van der Waals surface area contributed by atoms with Gasteiger partial charge in [-0.2, -0.15) is 5.01 Å². The number of aryl methyl sites for hydroxylation is 1. The summed E-state index contributed by atoms with van der Waals surface area (Å²) in [6, 6.07) is 37.0. The van der Waals surface area contributed by atoms with E-state index in [1.165, 1.54) is 19.1 Å². The van der Waals surface area contributed by atoms with Crippen LogP contribution in [0.5, 0.6) is 17.2 Å². The maximum absolute atomic E-state index is 15.5. The Bertz CT molecular complexity index is 2450. The van der Waals surface area contributed by atoms with Crippen LogP contribution in [-0.2, 0) is 24.6 Å². The molecule has 5 aromatic rings. The van der Waals surface area contributed by atoms with Crippen LogP contribution in [0.1, 0.15) is 35.4 Å². The molecule has 2 aliphatic carbocycles. The summed E-state index contributed by atoms with van der Waals surface area (Å²) in [6.07, 6.45) is 2.41. The van der Waals surface area contributed by atoms with Crippen molar-refractivity contribution in [3.63, 3.8) is 0 Å². The number of amides is 4. The molecular formula is C47H42N4O7. The zero-order chi connectivity index (χ0) is 40.3. The predicted octanol–water partition coefficient (Wildman–Crippen LogP) is 7.65. The predicted molar refractivity (Wildman–Crippen MR) is 219 cm³/mol. The molecule has 0 radical (unpaired) electrons. The van der Waals surface area contributed by atoms with Crippen molar-refractivity contribution in [3.8, 4) is 17.2 Å². The molecule has 2 heterocycles. The van der Waals surface area contributed by atoms with Gasteiger partial charge in [0, 0.05) is 17.3 Å². The molecule has 1 saturated carbocycles. The largest absolute Gasteiger partial charge is 0.502 e. The summed E-state index contributed by atoms with van der Waals surface area (Å²) in [6.45, 7) is 1.96. The van der Waals surface area contributed by atoms with Crippen LogP contribution in [0, 0.1) is 30.6 Å². The standard InChI is InChI=1S/C47H42N4O7/c1-27-14-16-32(17-15-27)49-51-44(54)37-26-36-34(41(28-24-38(57-2)42(52)39(25-28)58-3)47(37,46(51)56)29-10-6-4-7-11-29)22-23-35-40(36)45(55)50(43(35)53)33-20-18-31(19-21-33)48-30-12-8-5-9-13-30/h4-22,24-25,35-37,40-41,48-49,52H,23,26H2,1-3H3/t35-,36+,37-,40-,41-,47+/m0/s1. The zero-order valence-corrected chi connectivity index (χ0v) is 32.2. The number of phenols is 1. The van der Waals surface area contributed by atoms with Gasteiger partial charge in [0.25, 0.3) is 11.8 Å². The van der Waals surface area contributed by atoms with Gasteiger partial charge in [0.1, 0.15) is 0 Å². The molecule has 4 amide bonds. The molecule has 4 aliphatic rings. The number of fused-ring (bicyclic) bond motifs is 4. The molecule has 3 fully saturated rings. The summed E-state index contributed by atoms with van der Waals surface area (Å²) in [4.78, 5) is 60.9. The van der Waals surface area contributed by atoms with Gasteiger partial charge in [0.2, 0.25) is 17.6 Å². The molecule has 0 spiro atoms. The number of nitrogens with zero attached hydrogens (tertiary/aromatic N) is 2. The van der Waals surface area contributed by atoms with E-state index in [0.717, 1.165) is 27.5 Å². The van der Waals surface area contributed by atoms with E-state index in [4.69, 9.17) is 9.47 Å². The Morgan fingerprint density at radius 3 is 1.95 bits per heavy atom. The van der Waals surface area contributed by atoms with Gasteiger partial charge in [-0.15, -0.1) is 0 Å². The fourth-order valence-electron chi connectivity index (χ4n) is 9.84. The fraction of sp³-hybridized carbons (Fsp3) is 0.234. The highest BCUT2D eigenvalue weighted by Crippen LogP contribution is 2.65. The molecule has 58 heavy (non-hydrogen) atoms. The Kier molecular flexibility index (Phi) is 9.03. The van der Waals surface area contributed by atoms with E-state index in [1.54, 1.807) is 24.3 Å². The van der Waals surface area contributed by atoms with E-state index in [-0.39, 0.29) is 41.9 Å². The van der Waals surface area contributed by atoms with Crippen LogP contribution in [0.3, 0.4) is 0 Å². The van der Waals surface area contributed by atoms with Crippen molar-refractivity contribution in [2.24, 2.45) is 23.7 Å². The molecule has 9 rings (SSSR count). The summed E-state index contributed by atoms with van der Waals surface area (Å²) in [7, 11) is 2.86. The number of imide groups is 2. The van der Waals surface area contributed by atoms with Crippen molar-refractivity contribution in [2.75, 3.05) is 29.9 Å². The van der Waals surface area contributed by atoms with Crippen LogP contribution >= 0.6 is 0 Å². The smallest absolute Gasteiger partial charge is 0.260 e. The molecule has 292 valence electrons. The van der Waals surface area contributed by atoms with E-state index in [0.29, 0.717) is 22.5 Å². The number of rotatable bonds is 9. The molecule has 11 heteroatoms. The molecular weight excluding hydrogens is 733 g/mol. The minimum absolute atomic E-state index is 0.125. The first-order valence-corrected chi connectivity index (χ1v) is 19.4. The molecule has 11 nitrogen and oxygen atoms in total. The highest BCUT2D eigenvalue weighted by atomic mass is 16.5. The second-order valence-electron chi connectivity index (χ2n) is 15.4. The third-order valence-electron chi connectivity index (χ3n) is 12.4. The molecule has 2 saturated heterocycles. The Morgan fingerprint density at radius 2 is 1.31 bits per heavy atom. The highest BCUT2D eigenvalue weighted by Gasteiger charge is 2.70. The van der Waals surface area contributed by atoms with Gasteiger partial charge in [0.15, 0.2) is 11.5 Å². The van der Waals surface area contributed by atoms with E-state index in [2.05, 4.69) is 10.7 Å². The summed E-state index contributed by atoms with van der Waals surface area (Å²) in [5.41, 5.74) is 7.35. The maximum atomic E-state index is 15.5. The van der Waals surface area contributed by atoms with Crippen molar-refractivity contribution < 1.29 is 33.8 Å². The van der Waals surface area contributed by atoms with Crippen LogP contribution in [0.2, 0.25) is 0 Å². The monoisotopic (exact) mass is 774 g/mol. The first-order chi connectivity index (χ1) is 28.1. The van der Waals surface area contributed by atoms with Crippen LogP contribution in [0.15, 0.2) is 133 Å². The summed E-state index contributed by atoms with van der Waals surface area (Å²) in [5, 5.41) is 15.5. The second-order valence-corrected chi connectivity index (χ2v) is 15.4. The van der Waals surface area contributed by atoms with E-state index in [1.807, 2.05) is 110 Å². The number of nitrogens with one attached hydrogen (secondary N) is 2. The van der Waals surface area contributed by atoms with Crippen molar-refractivity contribution >= 4 is 46.4 Å². The summed E-state index contributed by atoms with van der Waals surface area (Å²) < 4.78 is 11.3. The number of benzene rings is 5. The second kappa shape index (κ2) is 14.3. The van der Waals surface area contributed by atoms with Crippen molar-refractivity contribution in [1.29, 1.82) is 0 Å². The number of hydrazine groups is 1. The molecule has 0 unspecified atom stereocenters. The molecule has 6 atom stereocenters. The number of phenolic OH excluding ortho intramolecular Hbond substituents is 1. The van der Waals surface area contributed by atoms with E-state index in [9.17, 15) is 14.7 Å². The first kappa shape index (κ1) is 36.7. The van der Waals surface area contributed by atoms with Crippen molar-refractivity contribution in [3.05, 3.63) is 150 Å². The minimum atomic E-state index is -1.49. The van der Waals surface area contributed by atoms with Crippen LogP contribution in [-0.4, -0.2) is 48.0 Å². The quantitative estimate of drug-likeness (QED) is 0.102. The normalized spacial score (nSPS) is 24.8. The number of methoxy groups -OCH3 is 2. The lowest BCUT2D eigenvalue weighted by atomic mass is 9.49. The molecule has 3 N–H and O–H groups in total. The minimum Gasteiger partial charge on any atom is -0.502 e. The van der Waals surface area contributed by atoms with Gasteiger partial charge in [-0.3, -0.25) is 29.5 Å². The molecule has 5 aromatic carbocycles. The molecule has 0 bridgehead atoms. The zero-order valence-electron chi connectivity index (χ0n) is 32.2. The van der Waals surface area contributed by atoms with Crippen molar-refractivity contribution in [2.45, 2.75) is 31.1 Å². The average molecular weight is 775 g/mol. The number of ether oxygens (including phenoxy) is 2. The number of allylic oxidation sites excluding steroid dienone is 2. The Hall–Kier alpha value is -6.88.